The lowest BCUT2D eigenvalue weighted by molar-refractivity contribution is -0.138. The smallest absolute Gasteiger partial charge is 0.264 e. The highest BCUT2D eigenvalue weighted by atomic mass is 19.1. The lowest BCUT2D eigenvalue weighted by atomic mass is 10.1. The molecule has 33 heavy (non-hydrogen) atoms. The van der Waals surface area contributed by atoms with Crippen molar-refractivity contribution in [2.24, 2.45) is 0 Å². The van der Waals surface area contributed by atoms with Crippen molar-refractivity contribution in [2.75, 3.05) is 18.5 Å². The molecule has 1 aliphatic heterocycles. The van der Waals surface area contributed by atoms with Gasteiger partial charge in [0.05, 0.1) is 6.54 Å². The quantitative estimate of drug-likeness (QED) is 0.571. The van der Waals surface area contributed by atoms with Gasteiger partial charge in [-0.2, -0.15) is 0 Å². The molecule has 2 amide bonds. The molecule has 0 saturated carbocycles. The van der Waals surface area contributed by atoms with Gasteiger partial charge in [0.1, 0.15) is 23.9 Å². The fourth-order valence-electron chi connectivity index (χ4n) is 3.63. The van der Waals surface area contributed by atoms with Gasteiger partial charge in [-0.15, -0.1) is 0 Å². The topological polar surface area (TPSA) is 67.9 Å². The highest BCUT2D eigenvalue weighted by molar-refractivity contribution is 6.04. The zero-order chi connectivity index (χ0) is 23.2. The van der Waals surface area contributed by atoms with E-state index in [0.717, 1.165) is 11.3 Å². The first kappa shape index (κ1) is 22.3. The summed E-state index contributed by atoms with van der Waals surface area (Å²) in [7, 11) is 0. The van der Waals surface area contributed by atoms with E-state index < -0.39 is 11.9 Å². The molecule has 0 aliphatic carbocycles. The molecule has 0 radical (unpaired) electrons. The number of para-hydroxylation sites is 1. The number of anilines is 1. The van der Waals surface area contributed by atoms with Crippen molar-refractivity contribution in [1.82, 2.24) is 4.90 Å². The second kappa shape index (κ2) is 10.2. The van der Waals surface area contributed by atoms with Gasteiger partial charge in [0.2, 0.25) is 0 Å². The molecule has 3 aromatic carbocycles. The summed E-state index contributed by atoms with van der Waals surface area (Å²) in [6.45, 7) is 2.99. The van der Waals surface area contributed by atoms with E-state index in [1.807, 2.05) is 37.3 Å². The van der Waals surface area contributed by atoms with Gasteiger partial charge in [-0.05, 0) is 61.0 Å². The molecule has 0 bridgehead atoms. The summed E-state index contributed by atoms with van der Waals surface area (Å²) in [6.07, 6.45) is -0.0418. The second-order valence-electron chi connectivity index (χ2n) is 7.72. The van der Waals surface area contributed by atoms with Gasteiger partial charge >= 0.3 is 0 Å². The first-order valence-corrected chi connectivity index (χ1v) is 10.9. The molecule has 0 saturated heterocycles. The standard InChI is InChI=1S/C26H25FN2O4/c1-2-23-26(31)29(14-15-32-22-6-4-3-5-7-22)17-19-16-21(12-13-24(19)33-23)28-25(30)18-8-10-20(27)11-9-18/h3-13,16,23H,2,14-15,17H2,1H3,(H,28,30)/t23-/m1/s1. The SMILES string of the molecule is CC[C@H]1Oc2ccc(NC(=O)c3ccc(F)cc3)cc2CN(CCOc2ccccc2)C1=O. The zero-order valence-electron chi connectivity index (χ0n) is 18.3. The van der Waals surface area contributed by atoms with Crippen molar-refractivity contribution >= 4 is 17.5 Å². The zero-order valence-corrected chi connectivity index (χ0v) is 18.3. The Labute approximate surface area is 191 Å². The first-order valence-electron chi connectivity index (χ1n) is 10.9. The minimum Gasteiger partial charge on any atom is -0.492 e. The summed E-state index contributed by atoms with van der Waals surface area (Å²) in [5, 5.41) is 2.82. The lowest BCUT2D eigenvalue weighted by Gasteiger charge is -2.23. The fourth-order valence-corrected chi connectivity index (χ4v) is 3.63. The van der Waals surface area contributed by atoms with Gasteiger partial charge in [-0.25, -0.2) is 4.39 Å². The largest absolute Gasteiger partial charge is 0.492 e. The molecule has 0 spiro atoms. The van der Waals surface area contributed by atoms with E-state index >= 15 is 0 Å². The molecular formula is C26H25FN2O4. The maximum Gasteiger partial charge on any atom is 0.264 e. The molecule has 4 rings (SSSR count). The maximum absolute atomic E-state index is 13.1. The normalized spacial score (nSPS) is 15.3. The van der Waals surface area contributed by atoms with Crippen LogP contribution in [0.5, 0.6) is 11.5 Å². The van der Waals surface area contributed by atoms with Crippen LogP contribution in [0.1, 0.15) is 29.3 Å². The van der Waals surface area contributed by atoms with Crippen molar-refractivity contribution in [3.8, 4) is 11.5 Å². The minimum absolute atomic E-state index is 0.0951. The Kier molecular flexibility index (Phi) is 6.88. The average Bonchev–Trinajstić information content (AvgIpc) is 2.96. The third-order valence-electron chi connectivity index (χ3n) is 5.39. The Hall–Kier alpha value is -3.87. The van der Waals surface area contributed by atoms with Crippen LogP contribution in [0.3, 0.4) is 0 Å². The average molecular weight is 448 g/mol. The lowest BCUT2D eigenvalue weighted by Crippen LogP contribution is -2.41. The van der Waals surface area contributed by atoms with Gasteiger partial charge in [0.15, 0.2) is 6.10 Å². The van der Waals surface area contributed by atoms with E-state index in [2.05, 4.69) is 5.32 Å². The summed E-state index contributed by atoms with van der Waals surface area (Å²) < 4.78 is 24.9. The Bertz CT molecular complexity index is 1120. The number of carbonyl (C=O) groups is 2. The highest BCUT2D eigenvalue weighted by Crippen LogP contribution is 2.29. The van der Waals surface area contributed by atoms with Crippen LogP contribution in [0.4, 0.5) is 10.1 Å². The van der Waals surface area contributed by atoms with Gasteiger partial charge in [0.25, 0.3) is 11.8 Å². The predicted octanol–water partition coefficient (Wildman–Crippen LogP) is 4.66. The Morgan fingerprint density at radius 2 is 1.88 bits per heavy atom. The van der Waals surface area contributed by atoms with Crippen LogP contribution >= 0.6 is 0 Å². The summed E-state index contributed by atoms with van der Waals surface area (Å²) in [6, 6.07) is 20.1. The van der Waals surface area contributed by atoms with Crippen molar-refractivity contribution in [3.63, 3.8) is 0 Å². The number of hydrogen-bond acceptors (Lipinski definition) is 4. The molecule has 3 aromatic rings. The number of halogens is 1. The number of ether oxygens (including phenoxy) is 2. The van der Waals surface area contributed by atoms with Crippen LogP contribution in [0.2, 0.25) is 0 Å². The Morgan fingerprint density at radius 1 is 1.12 bits per heavy atom. The molecule has 0 unspecified atom stereocenters. The van der Waals surface area contributed by atoms with Crippen LogP contribution in [-0.4, -0.2) is 36.0 Å². The molecule has 0 aromatic heterocycles. The fraction of sp³-hybridized carbons (Fsp3) is 0.231. The molecule has 1 heterocycles. The number of fused-ring (bicyclic) bond motifs is 1. The molecule has 6 nitrogen and oxygen atoms in total. The van der Waals surface area contributed by atoms with E-state index in [-0.39, 0.29) is 11.8 Å². The molecule has 1 N–H and O–H groups in total. The van der Waals surface area contributed by atoms with Crippen LogP contribution in [-0.2, 0) is 11.3 Å². The highest BCUT2D eigenvalue weighted by Gasteiger charge is 2.30. The molecule has 1 aliphatic rings. The number of amides is 2. The third kappa shape index (κ3) is 5.49. The van der Waals surface area contributed by atoms with Gasteiger partial charge < -0.3 is 19.7 Å². The van der Waals surface area contributed by atoms with Crippen LogP contribution in [0, 0.1) is 5.82 Å². The van der Waals surface area contributed by atoms with E-state index in [0.29, 0.717) is 43.1 Å². The molecular weight excluding hydrogens is 423 g/mol. The van der Waals surface area contributed by atoms with E-state index in [1.54, 1.807) is 23.1 Å². The van der Waals surface area contributed by atoms with Gasteiger partial charge in [0, 0.05) is 23.4 Å². The summed E-state index contributed by atoms with van der Waals surface area (Å²) in [5.74, 6) is 0.512. The number of nitrogens with one attached hydrogen (secondary N) is 1. The molecule has 7 heteroatoms. The number of nitrogens with zero attached hydrogens (tertiary/aromatic N) is 1. The Balaban J connectivity index is 1.48. The minimum atomic E-state index is -0.581. The third-order valence-corrected chi connectivity index (χ3v) is 5.39. The van der Waals surface area contributed by atoms with Crippen LogP contribution in [0.15, 0.2) is 72.8 Å². The van der Waals surface area contributed by atoms with E-state index in [4.69, 9.17) is 9.47 Å². The van der Waals surface area contributed by atoms with Crippen molar-refractivity contribution in [2.45, 2.75) is 26.0 Å². The summed E-state index contributed by atoms with van der Waals surface area (Å²) >= 11 is 0. The molecule has 170 valence electrons. The molecule has 0 fully saturated rings. The molecule has 1 atom stereocenters. The Morgan fingerprint density at radius 3 is 2.61 bits per heavy atom. The summed E-state index contributed by atoms with van der Waals surface area (Å²) in [4.78, 5) is 27.2. The van der Waals surface area contributed by atoms with Crippen molar-refractivity contribution in [3.05, 3.63) is 89.7 Å². The van der Waals surface area contributed by atoms with Crippen molar-refractivity contribution in [1.29, 1.82) is 0 Å². The number of hydrogen-bond donors (Lipinski definition) is 1. The van der Waals surface area contributed by atoms with E-state index in [9.17, 15) is 14.0 Å². The van der Waals surface area contributed by atoms with Crippen LogP contribution in [0.25, 0.3) is 0 Å². The van der Waals surface area contributed by atoms with Gasteiger partial charge in [-0.1, -0.05) is 25.1 Å². The number of benzene rings is 3. The summed E-state index contributed by atoms with van der Waals surface area (Å²) in [5.41, 5.74) is 1.70. The van der Waals surface area contributed by atoms with Crippen LogP contribution < -0.4 is 14.8 Å². The monoisotopic (exact) mass is 448 g/mol. The predicted molar refractivity (Wildman–Crippen MR) is 123 cm³/mol. The van der Waals surface area contributed by atoms with E-state index in [1.165, 1.54) is 24.3 Å². The van der Waals surface area contributed by atoms with Gasteiger partial charge in [-0.3, -0.25) is 9.59 Å². The number of rotatable bonds is 7. The number of carbonyl (C=O) groups excluding carboxylic acids is 2. The van der Waals surface area contributed by atoms with Crippen molar-refractivity contribution < 1.29 is 23.5 Å². The second-order valence-corrected chi connectivity index (χ2v) is 7.72. The maximum atomic E-state index is 13.1. The first-order chi connectivity index (χ1) is 16.0.